The summed E-state index contributed by atoms with van der Waals surface area (Å²) in [5, 5.41) is 28.1. The Bertz CT molecular complexity index is 2690. The Morgan fingerprint density at radius 3 is 1.71 bits per heavy atom. The number of benzene rings is 3. The van der Waals surface area contributed by atoms with Crippen LogP contribution < -0.4 is 47.1 Å². The summed E-state index contributed by atoms with van der Waals surface area (Å²) in [6.45, 7) is 0.496. The van der Waals surface area contributed by atoms with Gasteiger partial charge < -0.3 is 57.2 Å². The number of hydrogen-bond donors (Lipinski definition) is 11. The summed E-state index contributed by atoms with van der Waals surface area (Å²) in [5.74, 6) is -7.64. The van der Waals surface area contributed by atoms with E-state index in [4.69, 9.17) is 10.3 Å². The van der Waals surface area contributed by atoms with E-state index in [2.05, 4.69) is 46.4 Å². The first-order chi connectivity index (χ1) is 34.7. The second-order valence-electron chi connectivity index (χ2n) is 16.5. The molecule has 0 radical (unpaired) electrons. The SMILES string of the molecule is CSCCC(NC(=O)C(Cc1ccc(OS(=O)(=O)O)cc1)NC(C)=O)C(=O)NCC(=O)NC(Cc1c[nH]c2ccccc12)C(=O)NC(CCSC)C(=O)NC(CC(=O)O)C(=O)NC(Cc1ccccc1)C(N)=O. The Kier molecular flexibility index (Phi) is 23.0. The molecule has 23 nitrogen and oxygen atoms in total. The summed E-state index contributed by atoms with van der Waals surface area (Å²) in [7, 11) is -4.79. The molecule has 3 aromatic carbocycles. The van der Waals surface area contributed by atoms with Crippen molar-refractivity contribution in [1.82, 2.24) is 42.2 Å². The lowest BCUT2D eigenvalue weighted by atomic mass is 10.0. The molecule has 1 aromatic heterocycles. The number of nitrogens with one attached hydrogen (secondary N) is 8. The number of carbonyl (C=O) groups excluding carboxylic acids is 8. The Balaban J connectivity index is 1.51. The maximum absolute atomic E-state index is 14.3. The molecule has 0 fully saturated rings. The highest BCUT2D eigenvalue weighted by Crippen LogP contribution is 2.20. The van der Waals surface area contributed by atoms with Crippen molar-refractivity contribution in [3.8, 4) is 5.75 Å². The Morgan fingerprint density at radius 2 is 1.14 bits per heavy atom. The van der Waals surface area contributed by atoms with E-state index in [1.54, 1.807) is 73.3 Å². The fraction of sp³-hybridized carbons (Fsp3) is 0.383. The van der Waals surface area contributed by atoms with Crippen molar-refractivity contribution < 1.29 is 65.4 Å². The summed E-state index contributed by atoms with van der Waals surface area (Å²) < 4.78 is 35.6. The third-order valence-electron chi connectivity index (χ3n) is 10.9. The molecule has 26 heteroatoms. The predicted octanol–water partition coefficient (Wildman–Crippen LogP) is -0.111. The number of aromatic amines is 1. The number of amides is 8. The number of H-pyrrole nitrogens is 1. The largest absolute Gasteiger partial charge is 0.481 e. The van der Waals surface area contributed by atoms with E-state index in [0.29, 0.717) is 28.2 Å². The highest BCUT2D eigenvalue weighted by molar-refractivity contribution is 7.98. The van der Waals surface area contributed by atoms with Gasteiger partial charge in [0.15, 0.2) is 0 Å². The van der Waals surface area contributed by atoms with Gasteiger partial charge in [-0.3, -0.25) is 47.7 Å². The van der Waals surface area contributed by atoms with Crippen molar-refractivity contribution in [1.29, 1.82) is 0 Å². The van der Waals surface area contributed by atoms with E-state index in [1.807, 2.05) is 0 Å². The van der Waals surface area contributed by atoms with Gasteiger partial charge in [-0.1, -0.05) is 60.7 Å². The number of rotatable bonds is 30. The van der Waals surface area contributed by atoms with Crippen LogP contribution in [0.1, 0.15) is 42.9 Å². The Morgan fingerprint density at radius 1 is 0.630 bits per heavy atom. The molecule has 12 N–H and O–H groups in total. The number of carboxylic acid groups (broad SMARTS) is 1. The minimum atomic E-state index is -4.79. The van der Waals surface area contributed by atoms with E-state index < -0.39 is 113 Å². The van der Waals surface area contributed by atoms with E-state index in [-0.39, 0.29) is 37.9 Å². The van der Waals surface area contributed by atoms with Crippen LogP contribution in [-0.4, -0.2) is 143 Å². The fourth-order valence-corrected chi connectivity index (χ4v) is 8.61. The molecule has 0 bridgehead atoms. The first-order valence-corrected chi connectivity index (χ1v) is 26.7. The van der Waals surface area contributed by atoms with E-state index in [9.17, 15) is 56.7 Å². The van der Waals surface area contributed by atoms with Crippen LogP contribution in [0.15, 0.2) is 85.1 Å². The number of carbonyl (C=O) groups is 9. The quantitative estimate of drug-likeness (QED) is 0.0304. The molecular weight excluding hydrogens is 1010 g/mol. The maximum atomic E-state index is 14.3. The lowest BCUT2D eigenvalue weighted by Crippen LogP contribution is -2.59. The normalized spacial score (nSPS) is 13.6. The van der Waals surface area contributed by atoms with E-state index >= 15 is 0 Å². The van der Waals surface area contributed by atoms with Gasteiger partial charge in [0, 0.05) is 43.3 Å². The number of aromatic nitrogens is 1. The van der Waals surface area contributed by atoms with E-state index in [1.165, 1.54) is 54.7 Å². The molecule has 1 heterocycles. The van der Waals surface area contributed by atoms with Crippen LogP contribution in [0.3, 0.4) is 0 Å². The van der Waals surface area contributed by atoms with Gasteiger partial charge >= 0.3 is 16.4 Å². The zero-order valence-electron chi connectivity index (χ0n) is 40.0. The Labute approximate surface area is 429 Å². The topological polar surface area (TPSA) is 363 Å². The van der Waals surface area contributed by atoms with Gasteiger partial charge in [0.05, 0.1) is 13.0 Å². The first kappa shape index (κ1) is 58.4. The second-order valence-corrected chi connectivity index (χ2v) is 19.5. The van der Waals surface area contributed by atoms with Gasteiger partial charge in [-0.15, -0.1) is 0 Å². The van der Waals surface area contributed by atoms with Crippen molar-refractivity contribution in [3.63, 3.8) is 0 Å². The molecule has 0 saturated heterocycles. The number of primary amides is 1. The van der Waals surface area contributed by atoms with Crippen molar-refractivity contribution in [2.24, 2.45) is 5.73 Å². The fourth-order valence-electron chi connectivity index (χ4n) is 7.31. The summed E-state index contributed by atoms with van der Waals surface area (Å²) in [5.41, 5.74) is 7.98. The number of aliphatic carboxylic acids is 1. The van der Waals surface area contributed by atoms with Gasteiger partial charge in [0.1, 0.15) is 42.0 Å². The monoisotopic (exact) mass is 1070 g/mol. The number of carboxylic acids is 1. The van der Waals surface area contributed by atoms with Crippen molar-refractivity contribution in [2.75, 3.05) is 30.6 Å². The minimum Gasteiger partial charge on any atom is -0.481 e. The summed E-state index contributed by atoms with van der Waals surface area (Å²) in [6, 6.07) is 12.8. The summed E-state index contributed by atoms with van der Waals surface area (Å²) in [4.78, 5) is 122. The molecular formula is C47H59N9O14S3. The standard InChI is InChI=1S/C47H59N9O14S3/c1-27(57)51-37(22-29-13-15-31(16-14-29)70-73(67,68)69)45(64)53-34(17-19-71-2)43(62)50-26-40(58)52-38(23-30-25-49-33-12-8-7-11-32(30)33)46(65)54-35(18-20-72-3)44(63)56-39(24-41(59)60)47(66)55-36(42(48)61)21-28-9-5-4-6-10-28/h4-16,25,34-39,49H,17-24,26H2,1-3H3,(H2,48,61)(H,50,62)(H,51,57)(H,52,58)(H,53,64)(H,54,65)(H,55,66)(H,56,63)(H,59,60)(H,67,68,69). The third-order valence-corrected chi connectivity index (χ3v) is 12.6. The number of hydrogen-bond acceptors (Lipinski definition) is 14. The van der Waals surface area contributed by atoms with E-state index in [0.717, 1.165) is 10.9 Å². The number of fused-ring (bicyclic) bond motifs is 1. The molecule has 0 aliphatic carbocycles. The summed E-state index contributed by atoms with van der Waals surface area (Å²) in [6.07, 6.45) is 4.09. The van der Waals surface area contributed by atoms with Crippen LogP contribution >= 0.6 is 23.5 Å². The van der Waals surface area contributed by atoms with Gasteiger partial charge in [-0.25, -0.2) is 0 Å². The lowest BCUT2D eigenvalue weighted by Gasteiger charge is -2.26. The van der Waals surface area contributed by atoms with Crippen LogP contribution in [0, 0.1) is 0 Å². The molecule has 6 unspecified atom stereocenters. The molecule has 8 amide bonds. The van der Waals surface area contributed by atoms with Gasteiger partial charge in [-0.2, -0.15) is 31.9 Å². The Hall–Kier alpha value is -7.16. The molecule has 394 valence electrons. The van der Waals surface area contributed by atoms with Crippen LogP contribution in [0.5, 0.6) is 5.75 Å². The highest BCUT2D eigenvalue weighted by Gasteiger charge is 2.33. The molecule has 4 aromatic rings. The average molecular weight is 1070 g/mol. The maximum Gasteiger partial charge on any atom is 0.446 e. The van der Waals surface area contributed by atoms with Crippen molar-refractivity contribution in [3.05, 3.63) is 102 Å². The minimum absolute atomic E-state index is 0.00782. The molecule has 0 aliphatic heterocycles. The molecule has 0 spiro atoms. The van der Waals surface area contributed by atoms with Gasteiger partial charge in [-0.05, 0) is 71.7 Å². The lowest BCUT2D eigenvalue weighted by molar-refractivity contribution is -0.141. The van der Waals surface area contributed by atoms with Crippen molar-refractivity contribution in [2.45, 2.75) is 81.7 Å². The molecule has 0 saturated carbocycles. The number of para-hydroxylation sites is 1. The van der Waals surface area contributed by atoms with Crippen molar-refractivity contribution >= 4 is 98.1 Å². The van der Waals surface area contributed by atoms with Gasteiger partial charge in [0.25, 0.3) is 0 Å². The van der Waals surface area contributed by atoms with Gasteiger partial charge in [0.2, 0.25) is 47.3 Å². The number of nitrogens with two attached hydrogens (primary N) is 1. The first-order valence-electron chi connectivity index (χ1n) is 22.6. The van der Waals surface area contributed by atoms with Crippen LogP contribution in [-0.2, 0) is 72.8 Å². The zero-order valence-corrected chi connectivity index (χ0v) is 42.5. The third kappa shape index (κ3) is 20.1. The summed E-state index contributed by atoms with van der Waals surface area (Å²) >= 11 is 2.70. The molecule has 73 heavy (non-hydrogen) atoms. The zero-order chi connectivity index (χ0) is 53.7. The average Bonchev–Trinajstić information content (AvgIpc) is 3.74. The smallest absolute Gasteiger partial charge is 0.446 e. The van der Waals surface area contributed by atoms with Crippen LogP contribution in [0.4, 0.5) is 0 Å². The molecule has 0 aliphatic rings. The second kappa shape index (κ2) is 28.8. The van der Waals surface area contributed by atoms with Crippen LogP contribution in [0.2, 0.25) is 0 Å². The highest BCUT2D eigenvalue weighted by atomic mass is 32.3. The molecule has 6 atom stereocenters. The number of thioether (sulfide) groups is 2. The predicted molar refractivity (Wildman–Crippen MR) is 272 cm³/mol. The van der Waals surface area contributed by atoms with Crippen LogP contribution in [0.25, 0.3) is 10.9 Å². The molecule has 4 rings (SSSR count).